The van der Waals surface area contributed by atoms with E-state index in [4.69, 9.17) is 0 Å². The number of carboxylic acids is 1. The van der Waals surface area contributed by atoms with Crippen molar-refractivity contribution in [2.24, 2.45) is 10.8 Å². The summed E-state index contributed by atoms with van der Waals surface area (Å²) < 4.78 is 26.3. The van der Waals surface area contributed by atoms with Crippen LogP contribution in [0.25, 0.3) is 0 Å². The second-order valence-corrected chi connectivity index (χ2v) is 16.2. The first-order valence-electron chi connectivity index (χ1n) is 13.6. The second-order valence-electron chi connectivity index (χ2n) is 12.2. The molecule has 5 nitrogen and oxygen atoms in total. The molecule has 6 unspecified atom stereocenters. The standard InChI is InChI=1S/C27H50O5S2/c1-26(2,20-28)18-8-16-23-14-6-12-21(33(23)31)10-5-11-22-13-7-15-24(34(22)32)17-9-19-27(3,4)25(29)30/h21-24,28H,5-20H2,1-4H3,(H,29,30). The molecule has 0 spiro atoms. The monoisotopic (exact) mass is 518 g/mol. The Hall–Kier alpha value is -0.270. The van der Waals surface area contributed by atoms with Crippen molar-refractivity contribution >= 4 is 27.6 Å². The van der Waals surface area contributed by atoms with Gasteiger partial charge in [-0.2, -0.15) is 0 Å². The maximum atomic E-state index is 13.2. The van der Waals surface area contributed by atoms with E-state index >= 15 is 0 Å². The Morgan fingerprint density at radius 2 is 1.12 bits per heavy atom. The topological polar surface area (TPSA) is 91.7 Å². The molecule has 0 aromatic rings. The molecule has 6 atom stereocenters. The molecule has 0 bridgehead atoms. The number of carbonyl (C=O) groups is 1. The van der Waals surface area contributed by atoms with Crippen LogP contribution in [0, 0.1) is 10.8 Å². The van der Waals surface area contributed by atoms with Gasteiger partial charge in [0.1, 0.15) is 0 Å². The number of aliphatic hydroxyl groups excluding tert-OH is 1. The maximum absolute atomic E-state index is 13.2. The van der Waals surface area contributed by atoms with Gasteiger partial charge in [0.05, 0.1) is 5.41 Å². The van der Waals surface area contributed by atoms with Crippen LogP contribution >= 0.6 is 0 Å². The summed E-state index contributed by atoms with van der Waals surface area (Å²) in [6.45, 7) is 7.92. The van der Waals surface area contributed by atoms with E-state index in [2.05, 4.69) is 13.8 Å². The lowest BCUT2D eigenvalue weighted by atomic mass is 9.87. The van der Waals surface area contributed by atoms with Crippen LogP contribution in [0.2, 0.25) is 0 Å². The molecule has 2 heterocycles. The number of rotatable bonds is 14. The largest absolute Gasteiger partial charge is 0.481 e. The molecule has 2 rings (SSSR count). The molecular weight excluding hydrogens is 468 g/mol. The lowest BCUT2D eigenvalue weighted by molar-refractivity contribution is -0.147. The smallest absolute Gasteiger partial charge is 0.309 e. The fourth-order valence-electron chi connectivity index (χ4n) is 5.54. The predicted octanol–water partition coefficient (Wildman–Crippen LogP) is 5.97. The predicted molar refractivity (Wildman–Crippen MR) is 143 cm³/mol. The molecule has 2 N–H and O–H groups in total. The van der Waals surface area contributed by atoms with Gasteiger partial charge in [0.2, 0.25) is 0 Å². The van der Waals surface area contributed by atoms with E-state index in [9.17, 15) is 23.4 Å². The van der Waals surface area contributed by atoms with Crippen LogP contribution in [0.15, 0.2) is 0 Å². The highest BCUT2D eigenvalue weighted by atomic mass is 32.2. The number of aliphatic hydroxyl groups is 1. The summed E-state index contributed by atoms with van der Waals surface area (Å²) in [5, 5.41) is 19.8. The van der Waals surface area contributed by atoms with Crippen molar-refractivity contribution in [2.75, 3.05) is 6.61 Å². The minimum Gasteiger partial charge on any atom is -0.481 e. The minimum atomic E-state index is -0.835. The average Bonchev–Trinajstić information content (AvgIpc) is 2.78. The lowest BCUT2D eigenvalue weighted by Gasteiger charge is -2.31. The summed E-state index contributed by atoms with van der Waals surface area (Å²) in [6.07, 6.45) is 14.7. The zero-order chi connectivity index (χ0) is 25.4. The third-order valence-electron chi connectivity index (χ3n) is 8.19. The molecule has 7 heteroatoms. The highest BCUT2D eigenvalue weighted by Crippen LogP contribution is 2.34. The molecule has 0 aromatic heterocycles. The quantitative estimate of drug-likeness (QED) is 0.296. The van der Waals surface area contributed by atoms with Crippen LogP contribution in [0.1, 0.15) is 124 Å². The van der Waals surface area contributed by atoms with Gasteiger partial charge in [-0.25, -0.2) is 0 Å². The molecule has 0 aromatic carbocycles. The van der Waals surface area contributed by atoms with Gasteiger partial charge in [0.15, 0.2) is 0 Å². The van der Waals surface area contributed by atoms with Crippen molar-refractivity contribution < 1.29 is 23.4 Å². The Morgan fingerprint density at radius 3 is 1.50 bits per heavy atom. The molecule has 0 radical (unpaired) electrons. The van der Waals surface area contributed by atoms with Gasteiger partial charge in [0, 0.05) is 49.2 Å². The van der Waals surface area contributed by atoms with Crippen LogP contribution in [0.3, 0.4) is 0 Å². The molecule has 34 heavy (non-hydrogen) atoms. The highest BCUT2D eigenvalue weighted by Gasteiger charge is 2.33. The van der Waals surface area contributed by atoms with E-state index in [1.54, 1.807) is 13.8 Å². The SMILES string of the molecule is CC(C)(CO)CCCC1CCCC(CCCC2CCCC(CCCC(C)(C)C(=O)O)S2=O)S1=O. The first-order valence-corrected chi connectivity index (χ1v) is 16.1. The molecule has 2 aliphatic heterocycles. The number of aliphatic carboxylic acids is 1. The van der Waals surface area contributed by atoms with Crippen molar-refractivity contribution in [1.82, 2.24) is 0 Å². The molecule has 2 fully saturated rings. The van der Waals surface area contributed by atoms with Crippen LogP contribution in [-0.4, -0.2) is 52.2 Å². The Labute approximate surface area is 213 Å². The lowest BCUT2D eigenvalue weighted by Crippen LogP contribution is -2.33. The van der Waals surface area contributed by atoms with Crippen LogP contribution in [0.4, 0.5) is 0 Å². The molecular formula is C27H50O5S2. The van der Waals surface area contributed by atoms with E-state index in [1.807, 2.05) is 0 Å². The molecule has 0 saturated carbocycles. The van der Waals surface area contributed by atoms with E-state index < -0.39 is 33.0 Å². The minimum absolute atomic E-state index is 0.0461. The van der Waals surface area contributed by atoms with Gasteiger partial charge in [-0.15, -0.1) is 0 Å². The van der Waals surface area contributed by atoms with Crippen molar-refractivity contribution in [1.29, 1.82) is 0 Å². The zero-order valence-corrected chi connectivity index (χ0v) is 23.7. The number of hydrogen-bond donors (Lipinski definition) is 2. The fourth-order valence-corrected chi connectivity index (χ4v) is 9.82. The summed E-state index contributed by atoms with van der Waals surface area (Å²) in [7, 11) is -1.61. The van der Waals surface area contributed by atoms with Gasteiger partial charge in [-0.05, 0) is 83.5 Å². The Morgan fingerprint density at radius 1 is 0.735 bits per heavy atom. The normalized spacial score (nSPS) is 30.9. The Bertz CT molecular complexity index is 691. The van der Waals surface area contributed by atoms with Crippen molar-refractivity contribution in [2.45, 2.75) is 145 Å². The first-order chi connectivity index (χ1) is 16.0. The second kappa shape index (κ2) is 13.9. The Balaban J connectivity index is 1.73. The average molecular weight is 519 g/mol. The van der Waals surface area contributed by atoms with Crippen LogP contribution in [0.5, 0.6) is 0 Å². The molecule has 0 aliphatic carbocycles. The maximum Gasteiger partial charge on any atom is 0.309 e. The summed E-state index contributed by atoms with van der Waals surface area (Å²) in [5.74, 6) is -0.758. The fraction of sp³-hybridized carbons (Fsp3) is 0.963. The van der Waals surface area contributed by atoms with Crippen LogP contribution < -0.4 is 0 Å². The number of hydrogen-bond acceptors (Lipinski definition) is 4. The summed E-state index contributed by atoms with van der Waals surface area (Å²) in [5.41, 5.74) is -0.756. The summed E-state index contributed by atoms with van der Waals surface area (Å²) in [4.78, 5) is 11.3. The van der Waals surface area contributed by atoms with Gasteiger partial charge in [0.25, 0.3) is 0 Å². The van der Waals surface area contributed by atoms with Crippen molar-refractivity contribution in [3.63, 3.8) is 0 Å². The first kappa shape index (κ1) is 30.0. The van der Waals surface area contributed by atoms with Gasteiger partial charge in [-0.3, -0.25) is 13.2 Å². The molecule has 0 amide bonds. The van der Waals surface area contributed by atoms with E-state index in [0.717, 1.165) is 89.9 Å². The summed E-state index contributed by atoms with van der Waals surface area (Å²) >= 11 is 0. The number of carboxylic acid groups (broad SMARTS) is 1. The molecule has 2 saturated heterocycles. The zero-order valence-electron chi connectivity index (χ0n) is 22.1. The third kappa shape index (κ3) is 9.31. The molecule has 2 aliphatic rings. The van der Waals surface area contributed by atoms with Crippen LogP contribution in [-0.2, 0) is 26.4 Å². The van der Waals surface area contributed by atoms with Crippen molar-refractivity contribution in [3.05, 3.63) is 0 Å². The third-order valence-corrected chi connectivity index (χ3v) is 12.7. The summed E-state index contributed by atoms with van der Waals surface area (Å²) in [6, 6.07) is 0. The van der Waals surface area contributed by atoms with Crippen molar-refractivity contribution in [3.8, 4) is 0 Å². The highest BCUT2D eigenvalue weighted by molar-refractivity contribution is 7.86. The Kier molecular flexibility index (Phi) is 12.2. The van der Waals surface area contributed by atoms with E-state index in [0.29, 0.717) is 11.7 Å². The van der Waals surface area contributed by atoms with Gasteiger partial charge < -0.3 is 10.2 Å². The molecule has 200 valence electrons. The van der Waals surface area contributed by atoms with E-state index in [-0.39, 0.29) is 27.8 Å². The van der Waals surface area contributed by atoms with Gasteiger partial charge in [-0.1, -0.05) is 46.0 Å². The van der Waals surface area contributed by atoms with Gasteiger partial charge >= 0.3 is 5.97 Å². The van der Waals surface area contributed by atoms with E-state index in [1.165, 1.54) is 0 Å².